The molecule has 34 heavy (non-hydrogen) atoms. The SMILES string of the molecule is COc1ccc(NC(=O)N2c3ccccc3NC3=C(C(=O)CCC3)[C@H]2c2ccco2)c(OC)c1. The zero-order valence-electron chi connectivity index (χ0n) is 19.0. The lowest BCUT2D eigenvalue weighted by molar-refractivity contribution is -0.116. The number of carbonyl (C=O) groups excluding carboxylic acids is 2. The molecule has 0 saturated carbocycles. The van der Waals surface area contributed by atoms with Gasteiger partial charge in [0.1, 0.15) is 23.3 Å². The average Bonchev–Trinajstić information content (AvgIpc) is 3.33. The number of benzene rings is 2. The number of ketones is 1. The predicted octanol–water partition coefficient (Wildman–Crippen LogP) is 5.51. The number of hydrogen-bond acceptors (Lipinski definition) is 6. The van der Waals surface area contributed by atoms with Crippen molar-refractivity contribution in [1.29, 1.82) is 0 Å². The normalized spacial score (nSPS) is 17.3. The number of nitrogens with zero attached hydrogens (tertiary/aromatic N) is 1. The number of fused-ring (bicyclic) bond motifs is 1. The number of rotatable bonds is 4. The van der Waals surface area contributed by atoms with Crippen LogP contribution < -0.4 is 25.0 Å². The number of carbonyl (C=O) groups is 2. The summed E-state index contributed by atoms with van der Waals surface area (Å²) in [6.07, 6.45) is 3.45. The molecule has 8 heteroatoms. The first kappa shape index (κ1) is 21.6. The number of Topliss-reactive ketones (excluding diaryl/α,β-unsaturated/α-hetero) is 1. The van der Waals surface area contributed by atoms with Crippen molar-refractivity contribution in [3.63, 3.8) is 0 Å². The second-order valence-corrected chi connectivity index (χ2v) is 8.10. The molecule has 8 nitrogen and oxygen atoms in total. The summed E-state index contributed by atoms with van der Waals surface area (Å²) in [4.78, 5) is 28.7. The zero-order chi connectivity index (χ0) is 23.7. The van der Waals surface area contributed by atoms with Gasteiger partial charge >= 0.3 is 6.03 Å². The third-order valence-electron chi connectivity index (χ3n) is 6.12. The van der Waals surface area contributed by atoms with Gasteiger partial charge in [-0.3, -0.25) is 9.69 Å². The number of urea groups is 1. The Labute approximate surface area is 197 Å². The molecule has 0 unspecified atom stereocenters. The quantitative estimate of drug-likeness (QED) is 0.535. The average molecular weight is 460 g/mol. The number of para-hydroxylation sites is 2. The first-order chi connectivity index (χ1) is 16.6. The van der Waals surface area contributed by atoms with E-state index < -0.39 is 12.1 Å². The van der Waals surface area contributed by atoms with Crippen molar-refractivity contribution < 1.29 is 23.5 Å². The van der Waals surface area contributed by atoms with E-state index in [0.717, 1.165) is 17.8 Å². The number of furan rings is 1. The summed E-state index contributed by atoms with van der Waals surface area (Å²) >= 11 is 0. The molecule has 1 aliphatic carbocycles. The molecule has 2 amide bonds. The van der Waals surface area contributed by atoms with Crippen molar-refractivity contribution in [2.45, 2.75) is 25.3 Å². The standard InChI is InChI=1S/C26H25N3O5/c1-32-16-12-13-18(23(15-16)33-2)28-26(31)29-20-9-4-3-7-17(20)27-19-8-5-10-21(30)24(19)25(29)22-11-6-14-34-22/h3-4,6-7,9,11-15,25,27H,5,8,10H2,1-2H3,(H,28,31)/t25-/m1/s1. The van der Waals surface area contributed by atoms with Gasteiger partial charge in [-0.1, -0.05) is 12.1 Å². The van der Waals surface area contributed by atoms with Crippen molar-refractivity contribution in [2.24, 2.45) is 0 Å². The van der Waals surface area contributed by atoms with Crippen LogP contribution in [0.5, 0.6) is 11.5 Å². The highest BCUT2D eigenvalue weighted by Crippen LogP contribution is 2.45. The summed E-state index contributed by atoms with van der Waals surface area (Å²) in [5.41, 5.74) is 3.23. The Kier molecular flexibility index (Phi) is 5.71. The van der Waals surface area contributed by atoms with Gasteiger partial charge in [0.2, 0.25) is 0 Å². The molecule has 3 aromatic rings. The van der Waals surface area contributed by atoms with E-state index in [2.05, 4.69) is 10.6 Å². The first-order valence-electron chi connectivity index (χ1n) is 11.1. The Balaban J connectivity index is 1.64. The second kappa shape index (κ2) is 8.97. The molecule has 1 atom stereocenters. The Morgan fingerprint density at radius 3 is 2.71 bits per heavy atom. The van der Waals surface area contributed by atoms with E-state index in [0.29, 0.717) is 47.0 Å². The highest BCUT2D eigenvalue weighted by atomic mass is 16.5. The van der Waals surface area contributed by atoms with E-state index >= 15 is 0 Å². The van der Waals surface area contributed by atoms with Crippen LogP contribution in [0.2, 0.25) is 0 Å². The third kappa shape index (κ3) is 3.77. The van der Waals surface area contributed by atoms with Gasteiger partial charge in [-0.15, -0.1) is 0 Å². The molecule has 0 spiro atoms. The van der Waals surface area contributed by atoms with Crippen molar-refractivity contribution in [3.8, 4) is 11.5 Å². The Bertz CT molecular complexity index is 1270. The van der Waals surface area contributed by atoms with Gasteiger partial charge in [0.25, 0.3) is 0 Å². The number of amides is 2. The fourth-order valence-corrected chi connectivity index (χ4v) is 4.55. The third-order valence-corrected chi connectivity index (χ3v) is 6.12. The molecule has 0 fully saturated rings. The molecule has 174 valence electrons. The molecule has 2 aromatic carbocycles. The first-order valence-corrected chi connectivity index (χ1v) is 11.1. The van der Waals surface area contributed by atoms with Gasteiger partial charge in [0.05, 0.1) is 37.5 Å². The van der Waals surface area contributed by atoms with E-state index in [1.807, 2.05) is 24.3 Å². The summed E-state index contributed by atoms with van der Waals surface area (Å²) in [5, 5.41) is 6.38. The van der Waals surface area contributed by atoms with Crippen molar-refractivity contribution in [2.75, 3.05) is 29.8 Å². The molecule has 2 N–H and O–H groups in total. The molecular weight excluding hydrogens is 434 g/mol. The topological polar surface area (TPSA) is 93.0 Å². The van der Waals surface area contributed by atoms with Crippen molar-refractivity contribution in [1.82, 2.24) is 0 Å². The van der Waals surface area contributed by atoms with Crippen LogP contribution in [0.1, 0.15) is 31.1 Å². The van der Waals surface area contributed by atoms with Gasteiger partial charge in [-0.25, -0.2) is 4.79 Å². The maximum atomic E-state index is 13.9. The van der Waals surface area contributed by atoms with Crippen molar-refractivity contribution in [3.05, 3.63) is 77.9 Å². The minimum absolute atomic E-state index is 0.00258. The Hall–Kier alpha value is -4.20. The Morgan fingerprint density at radius 2 is 1.94 bits per heavy atom. The fourth-order valence-electron chi connectivity index (χ4n) is 4.55. The van der Waals surface area contributed by atoms with E-state index in [1.54, 1.807) is 48.6 Å². The minimum Gasteiger partial charge on any atom is -0.497 e. The Morgan fingerprint density at radius 1 is 1.09 bits per heavy atom. The van der Waals surface area contributed by atoms with Gasteiger partial charge in [0, 0.05) is 23.8 Å². The smallest absolute Gasteiger partial charge is 0.327 e. The predicted molar refractivity (Wildman–Crippen MR) is 128 cm³/mol. The largest absolute Gasteiger partial charge is 0.497 e. The highest BCUT2D eigenvalue weighted by Gasteiger charge is 2.41. The lowest BCUT2D eigenvalue weighted by Crippen LogP contribution is -2.40. The van der Waals surface area contributed by atoms with E-state index in [1.165, 1.54) is 7.11 Å². The van der Waals surface area contributed by atoms with E-state index in [-0.39, 0.29) is 5.78 Å². The minimum atomic E-state index is -0.724. The fraction of sp³-hybridized carbons (Fsp3) is 0.231. The maximum Gasteiger partial charge on any atom is 0.327 e. The molecule has 0 bridgehead atoms. The molecule has 1 aliphatic heterocycles. The van der Waals surface area contributed by atoms with Crippen LogP contribution in [-0.4, -0.2) is 26.0 Å². The number of hydrogen-bond donors (Lipinski definition) is 2. The molecule has 0 radical (unpaired) electrons. The van der Waals surface area contributed by atoms with Crippen LogP contribution in [0, 0.1) is 0 Å². The van der Waals surface area contributed by atoms with E-state index in [4.69, 9.17) is 13.9 Å². The summed E-state index contributed by atoms with van der Waals surface area (Å²) in [6, 6.07) is 15.1. The summed E-state index contributed by atoms with van der Waals surface area (Å²) in [5.74, 6) is 1.58. The lowest BCUT2D eigenvalue weighted by atomic mass is 9.88. The maximum absolute atomic E-state index is 13.9. The van der Waals surface area contributed by atoms with E-state index in [9.17, 15) is 9.59 Å². The molecule has 2 heterocycles. The lowest BCUT2D eigenvalue weighted by Gasteiger charge is -2.32. The van der Waals surface area contributed by atoms with Crippen LogP contribution in [0.15, 0.2) is 76.5 Å². The number of nitrogens with one attached hydrogen (secondary N) is 2. The summed E-state index contributed by atoms with van der Waals surface area (Å²) < 4.78 is 16.5. The van der Waals surface area contributed by atoms with Gasteiger partial charge in [0.15, 0.2) is 5.78 Å². The van der Waals surface area contributed by atoms with Crippen LogP contribution in [0.4, 0.5) is 21.9 Å². The van der Waals surface area contributed by atoms with Crippen LogP contribution in [0.3, 0.4) is 0 Å². The molecule has 0 saturated heterocycles. The molecule has 1 aromatic heterocycles. The zero-order valence-corrected chi connectivity index (χ0v) is 19.0. The molecule has 2 aliphatic rings. The van der Waals surface area contributed by atoms with Gasteiger partial charge in [-0.05, 0) is 49.2 Å². The monoisotopic (exact) mass is 459 g/mol. The van der Waals surface area contributed by atoms with Crippen molar-refractivity contribution >= 4 is 28.9 Å². The summed E-state index contributed by atoms with van der Waals surface area (Å²) in [6.45, 7) is 0. The number of anilines is 3. The van der Waals surface area contributed by atoms with Crippen LogP contribution in [-0.2, 0) is 4.79 Å². The number of ether oxygens (including phenoxy) is 2. The highest BCUT2D eigenvalue weighted by molar-refractivity contribution is 6.09. The molecule has 5 rings (SSSR count). The van der Waals surface area contributed by atoms with Crippen LogP contribution in [0.25, 0.3) is 0 Å². The second-order valence-electron chi connectivity index (χ2n) is 8.10. The number of allylic oxidation sites excluding steroid dienone is 1. The van der Waals surface area contributed by atoms with Crippen LogP contribution >= 0.6 is 0 Å². The van der Waals surface area contributed by atoms with Gasteiger partial charge < -0.3 is 24.5 Å². The number of methoxy groups -OCH3 is 2. The van der Waals surface area contributed by atoms with Gasteiger partial charge in [-0.2, -0.15) is 0 Å². The summed E-state index contributed by atoms with van der Waals surface area (Å²) in [7, 11) is 3.09. The molecular formula is C26H25N3O5.